The zero-order valence-electron chi connectivity index (χ0n) is 19.8. The Kier molecular flexibility index (Phi) is 6.84. The molecule has 8 heteroatoms. The van der Waals surface area contributed by atoms with Crippen LogP contribution in [-0.4, -0.2) is 42.9 Å². The molecule has 0 N–H and O–H groups in total. The summed E-state index contributed by atoms with van der Waals surface area (Å²) in [6.07, 6.45) is 1.66. The van der Waals surface area contributed by atoms with Gasteiger partial charge in [-0.2, -0.15) is 5.26 Å². The second-order valence-electron chi connectivity index (χ2n) is 7.90. The molecule has 0 aromatic heterocycles. The van der Waals surface area contributed by atoms with Crippen molar-refractivity contribution in [1.82, 2.24) is 4.90 Å². The van der Waals surface area contributed by atoms with Crippen LogP contribution in [0.4, 0.5) is 0 Å². The van der Waals surface area contributed by atoms with E-state index in [1.165, 1.54) is 27.2 Å². The summed E-state index contributed by atoms with van der Waals surface area (Å²) in [6.45, 7) is 1.43. The third kappa shape index (κ3) is 4.42. The second kappa shape index (κ2) is 10.2. The van der Waals surface area contributed by atoms with Crippen LogP contribution < -0.4 is 14.2 Å². The Morgan fingerprint density at radius 3 is 2.11 bits per heavy atom. The summed E-state index contributed by atoms with van der Waals surface area (Å²) >= 11 is 0. The number of nitriles is 1. The first kappa shape index (κ1) is 24.2. The van der Waals surface area contributed by atoms with Crippen LogP contribution in [0.5, 0.6) is 17.2 Å². The first-order chi connectivity index (χ1) is 17.4. The molecular weight excluding hydrogens is 460 g/mol. The molecule has 1 aliphatic heterocycles. The summed E-state index contributed by atoms with van der Waals surface area (Å²) in [6, 6.07) is 19.4. The largest absolute Gasteiger partial charge is 0.496 e. The van der Waals surface area contributed by atoms with E-state index in [1.807, 2.05) is 12.1 Å². The highest BCUT2D eigenvalue weighted by atomic mass is 16.6. The zero-order valence-corrected chi connectivity index (χ0v) is 19.8. The van der Waals surface area contributed by atoms with Gasteiger partial charge in [0, 0.05) is 5.56 Å². The van der Waals surface area contributed by atoms with E-state index in [1.54, 1.807) is 54.6 Å². The number of para-hydroxylation sites is 1. The number of ether oxygens (including phenoxy) is 3. The fourth-order valence-electron chi connectivity index (χ4n) is 3.92. The lowest BCUT2D eigenvalue weighted by molar-refractivity contribution is -0.138. The molecule has 0 saturated carbocycles. The number of carbonyl (C=O) groups excluding carboxylic acids is 3. The van der Waals surface area contributed by atoms with Crippen LogP contribution in [0.2, 0.25) is 0 Å². The molecule has 4 rings (SSSR count). The monoisotopic (exact) mass is 482 g/mol. The zero-order chi connectivity index (χ0) is 25.8. The Morgan fingerprint density at radius 2 is 1.50 bits per heavy atom. The Labute approximate surface area is 207 Å². The highest BCUT2D eigenvalue weighted by Crippen LogP contribution is 2.32. The van der Waals surface area contributed by atoms with Crippen LogP contribution in [0.3, 0.4) is 0 Å². The Morgan fingerprint density at radius 1 is 0.889 bits per heavy atom. The number of benzene rings is 3. The minimum Gasteiger partial charge on any atom is -0.496 e. The van der Waals surface area contributed by atoms with E-state index in [-0.39, 0.29) is 22.6 Å². The van der Waals surface area contributed by atoms with Crippen molar-refractivity contribution in [2.24, 2.45) is 0 Å². The summed E-state index contributed by atoms with van der Waals surface area (Å²) in [5.74, 6) is -0.980. The van der Waals surface area contributed by atoms with E-state index in [0.717, 1.165) is 4.90 Å². The van der Waals surface area contributed by atoms with Crippen LogP contribution in [0, 0.1) is 11.3 Å². The van der Waals surface area contributed by atoms with Crippen molar-refractivity contribution in [2.45, 2.75) is 13.0 Å². The van der Waals surface area contributed by atoms with Gasteiger partial charge in [0.2, 0.25) is 0 Å². The van der Waals surface area contributed by atoms with Gasteiger partial charge in [0.25, 0.3) is 11.8 Å². The topological polar surface area (TPSA) is 106 Å². The van der Waals surface area contributed by atoms with E-state index in [2.05, 4.69) is 6.07 Å². The number of allylic oxidation sites excluding steroid dienone is 1. The molecule has 0 aliphatic carbocycles. The first-order valence-electron chi connectivity index (χ1n) is 11.0. The quantitative estimate of drug-likeness (QED) is 0.162. The molecule has 1 unspecified atom stereocenters. The third-order valence-corrected chi connectivity index (χ3v) is 5.78. The van der Waals surface area contributed by atoms with E-state index in [4.69, 9.17) is 14.2 Å². The Balaban J connectivity index is 1.56. The summed E-state index contributed by atoms with van der Waals surface area (Å²) < 4.78 is 16.2. The van der Waals surface area contributed by atoms with Crippen LogP contribution in [0.15, 0.2) is 66.7 Å². The number of imide groups is 1. The molecule has 3 aromatic carbocycles. The van der Waals surface area contributed by atoms with Gasteiger partial charge in [0.15, 0.2) is 11.5 Å². The number of carbonyl (C=O) groups is 3. The van der Waals surface area contributed by atoms with Crippen molar-refractivity contribution in [1.29, 1.82) is 5.26 Å². The molecule has 3 aromatic rings. The predicted octanol–water partition coefficient (Wildman–Crippen LogP) is 4.36. The molecule has 0 spiro atoms. The molecule has 1 aliphatic rings. The van der Waals surface area contributed by atoms with Gasteiger partial charge in [0.05, 0.1) is 37.0 Å². The van der Waals surface area contributed by atoms with E-state index in [0.29, 0.717) is 22.4 Å². The Hall–Kier alpha value is -4.90. The van der Waals surface area contributed by atoms with Gasteiger partial charge in [0.1, 0.15) is 11.8 Å². The number of hydrogen-bond acceptors (Lipinski definition) is 7. The first-order valence-corrected chi connectivity index (χ1v) is 11.0. The van der Waals surface area contributed by atoms with Crippen molar-refractivity contribution in [3.05, 3.63) is 89.0 Å². The molecular formula is C28H22N2O6. The third-order valence-electron chi connectivity index (χ3n) is 5.78. The van der Waals surface area contributed by atoms with Gasteiger partial charge >= 0.3 is 5.97 Å². The lowest BCUT2D eigenvalue weighted by atomic mass is 10.0. The number of nitrogens with zero attached hydrogens (tertiary/aromatic N) is 2. The van der Waals surface area contributed by atoms with Crippen LogP contribution in [0.25, 0.3) is 11.6 Å². The standard InChI is InChI=1S/C28H22N2O6/c1-17(30-26(31)21-9-4-5-10-22(21)27(30)32)28(33)36-24-13-12-18(15-25(24)35-3)14-19(16-29)20-8-6-7-11-23(20)34-2/h4-15,17H,1-3H3/b19-14-. The molecule has 1 heterocycles. The number of esters is 1. The van der Waals surface area contributed by atoms with E-state index >= 15 is 0 Å². The van der Waals surface area contributed by atoms with Gasteiger partial charge in [-0.05, 0) is 55.0 Å². The molecule has 0 fully saturated rings. The van der Waals surface area contributed by atoms with Crippen LogP contribution >= 0.6 is 0 Å². The normalized spacial score (nSPS) is 13.6. The molecule has 0 saturated heterocycles. The number of hydrogen-bond donors (Lipinski definition) is 0. The highest BCUT2D eigenvalue weighted by Gasteiger charge is 2.41. The average molecular weight is 482 g/mol. The van der Waals surface area contributed by atoms with Crippen molar-refractivity contribution >= 4 is 29.4 Å². The van der Waals surface area contributed by atoms with E-state index in [9.17, 15) is 19.6 Å². The van der Waals surface area contributed by atoms with Crippen molar-refractivity contribution in [3.8, 4) is 23.3 Å². The van der Waals surface area contributed by atoms with Gasteiger partial charge in [-0.15, -0.1) is 0 Å². The summed E-state index contributed by atoms with van der Waals surface area (Å²) in [5.41, 5.74) is 2.13. The number of rotatable bonds is 7. The smallest absolute Gasteiger partial charge is 0.334 e. The maximum Gasteiger partial charge on any atom is 0.334 e. The van der Waals surface area contributed by atoms with Crippen molar-refractivity contribution in [2.75, 3.05) is 14.2 Å². The van der Waals surface area contributed by atoms with Crippen LogP contribution in [0.1, 0.15) is 38.8 Å². The van der Waals surface area contributed by atoms with Crippen molar-refractivity contribution in [3.63, 3.8) is 0 Å². The average Bonchev–Trinajstić information content (AvgIpc) is 3.17. The molecule has 0 radical (unpaired) electrons. The van der Waals surface area contributed by atoms with Crippen LogP contribution in [-0.2, 0) is 4.79 Å². The predicted molar refractivity (Wildman–Crippen MR) is 132 cm³/mol. The fraction of sp³-hybridized carbons (Fsp3) is 0.143. The summed E-state index contributed by atoms with van der Waals surface area (Å²) in [5, 5.41) is 9.70. The van der Waals surface area contributed by atoms with E-state index < -0.39 is 23.8 Å². The molecule has 2 amide bonds. The number of methoxy groups -OCH3 is 2. The number of amides is 2. The lowest BCUT2D eigenvalue weighted by Gasteiger charge is -2.21. The summed E-state index contributed by atoms with van der Waals surface area (Å²) in [7, 11) is 2.95. The minimum absolute atomic E-state index is 0.110. The molecule has 8 nitrogen and oxygen atoms in total. The molecule has 36 heavy (non-hydrogen) atoms. The minimum atomic E-state index is -1.16. The lowest BCUT2D eigenvalue weighted by Crippen LogP contribution is -2.44. The second-order valence-corrected chi connectivity index (χ2v) is 7.90. The van der Waals surface area contributed by atoms with Gasteiger partial charge in [-0.25, -0.2) is 4.79 Å². The number of fused-ring (bicyclic) bond motifs is 1. The van der Waals surface area contributed by atoms with Gasteiger partial charge in [-0.1, -0.05) is 30.3 Å². The fourth-order valence-corrected chi connectivity index (χ4v) is 3.92. The SMILES string of the molecule is COc1cc(/C=C(/C#N)c2ccccc2OC)ccc1OC(=O)C(C)N1C(=O)c2ccccc2C1=O. The Bertz CT molecular complexity index is 1400. The maximum atomic E-state index is 12.9. The molecule has 0 bridgehead atoms. The van der Waals surface area contributed by atoms with Crippen molar-refractivity contribution < 1.29 is 28.6 Å². The van der Waals surface area contributed by atoms with Gasteiger partial charge in [-0.3, -0.25) is 14.5 Å². The highest BCUT2D eigenvalue weighted by molar-refractivity contribution is 6.22. The molecule has 180 valence electrons. The maximum absolute atomic E-state index is 12.9. The molecule has 1 atom stereocenters. The summed E-state index contributed by atoms with van der Waals surface area (Å²) in [4.78, 5) is 39.2. The van der Waals surface area contributed by atoms with Gasteiger partial charge < -0.3 is 14.2 Å².